The molecule has 3 unspecified atom stereocenters. The summed E-state index contributed by atoms with van der Waals surface area (Å²) in [7, 11) is 2.90. The molecule has 5 rings (SSSR count). The fraction of sp³-hybridized carbons (Fsp3) is 0.308. The van der Waals surface area contributed by atoms with E-state index in [1.165, 1.54) is 23.8 Å². The summed E-state index contributed by atoms with van der Waals surface area (Å²) in [4.78, 5) is 47.9. The van der Waals surface area contributed by atoms with Gasteiger partial charge in [-0.25, -0.2) is 14.7 Å². The van der Waals surface area contributed by atoms with Crippen LogP contribution in [0.2, 0.25) is 0 Å². The summed E-state index contributed by atoms with van der Waals surface area (Å²) in [6.45, 7) is 5.67. The third kappa shape index (κ3) is 3.53. The SMILES string of the molecule is COC(=O)C1=C(C)N=C2SC3C(=O)N(c4ccc(C)c(C)c4)C(=O)C3N2C1c1ccc(OC)cc1. The largest absolute Gasteiger partial charge is 0.497 e. The second kappa shape index (κ2) is 8.57. The number of nitrogens with zero attached hydrogens (tertiary/aromatic N) is 3. The zero-order valence-electron chi connectivity index (χ0n) is 20.1. The number of anilines is 1. The number of amides is 2. The van der Waals surface area contributed by atoms with Crippen molar-refractivity contribution in [2.45, 2.75) is 38.1 Å². The molecule has 2 fully saturated rings. The molecular formula is C26H25N3O5S. The number of aliphatic imine (C=N–C) groups is 1. The Morgan fingerprint density at radius 1 is 0.971 bits per heavy atom. The van der Waals surface area contributed by atoms with Crippen molar-refractivity contribution in [3.63, 3.8) is 0 Å². The van der Waals surface area contributed by atoms with Gasteiger partial charge < -0.3 is 14.4 Å². The van der Waals surface area contributed by atoms with Gasteiger partial charge in [-0.3, -0.25) is 9.59 Å². The summed E-state index contributed by atoms with van der Waals surface area (Å²) in [5.41, 5.74) is 4.24. The molecule has 35 heavy (non-hydrogen) atoms. The van der Waals surface area contributed by atoms with Crippen molar-refractivity contribution in [1.29, 1.82) is 0 Å². The van der Waals surface area contributed by atoms with Crippen LogP contribution < -0.4 is 9.64 Å². The molecule has 3 aliphatic heterocycles. The number of ether oxygens (including phenoxy) is 2. The van der Waals surface area contributed by atoms with Crippen LogP contribution in [0.5, 0.6) is 5.75 Å². The number of hydrogen-bond donors (Lipinski definition) is 0. The first-order chi connectivity index (χ1) is 16.8. The van der Waals surface area contributed by atoms with Crippen LogP contribution in [0.25, 0.3) is 0 Å². The number of carbonyl (C=O) groups excluding carboxylic acids is 3. The molecule has 0 radical (unpaired) electrons. The van der Waals surface area contributed by atoms with E-state index in [0.29, 0.717) is 27.9 Å². The van der Waals surface area contributed by atoms with Crippen LogP contribution in [-0.4, -0.2) is 53.4 Å². The van der Waals surface area contributed by atoms with Crippen molar-refractivity contribution in [2.75, 3.05) is 19.1 Å². The van der Waals surface area contributed by atoms with E-state index in [4.69, 9.17) is 9.47 Å². The number of rotatable bonds is 4. The van der Waals surface area contributed by atoms with E-state index < -0.39 is 23.3 Å². The number of methoxy groups -OCH3 is 2. The molecule has 0 aromatic heterocycles. The predicted molar refractivity (Wildman–Crippen MR) is 133 cm³/mol. The summed E-state index contributed by atoms with van der Waals surface area (Å²) in [6.07, 6.45) is 0. The zero-order valence-corrected chi connectivity index (χ0v) is 20.9. The van der Waals surface area contributed by atoms with Crippen LogP contribution in [0, 0.1) is 13.8 Å². The average Bonchev–Trinajstić information content (AvgIpc) is 3.34. The third-order valence-corrected chi connectivity index (χ3v) is 7.99. The average molecular weight is 492 g/mol. The fourth-order valence-corrected chi connectivity index (χ4v) is 6.14. The van der Waals surface area contributed by atoms with Crippen molar-refractivity contribution in [3.05, 3.63) is 70.4 Å². The van der Waals surface area contributed by atoms with E-state index in [1.54, 1.807) is 37.1 Å². The molecule has 2 saturated heterocycles. The highest BCUT2D eigenvalue weighted by atomic mass is 32.2. The number of aryl methyl sites for hydroxylation is 2. The van der Waals surface area contributed by atoms with Gasteiger partial charge in [-0.1, -0.05) is 30.0 Å². The highest BCUT2D eigenvalue weighted by molar-refractivity contribution is 8.15. The van der Waals surface area contributed by atoms with Crippen LogP contribution in [-0.2, 0) is 19.1 Å². The molecule has 9 heteroatoms. The van der Waals surface area contributed by atoms with E-state index in [1.807, 2.05) is 38.1 Å². The minimum atomic E-state index is -0.798. The fourth-order valence-electron chi connectivity index (χ4n) is 4.80. The van der Waals surface area contributed by atoms with E-state index in [0.717, 1.165) is 16.7 Å². The van der Waals surface area contributed by atoms with Crippen LogP contribution in [0.3, 0.4) is 0 Å². The molecule has 2 aromatic carbocycles. The normalized spacial score (nSPS) is 23.3. The quantitative estimate of drug-likeness (QED) is 0.478. The Morgan fingerprint density at radius 3 is 2.31 bits per heavy atom. The van der Waals surface area contributed by atoms with Gasteiger partial charge in [0.1, 0.15) is 17.0 Å². The molecule has 0 bridgehead atoms. The van der Waals surface area contributed by atoms with Gasteiger partial charge >= 0.3 is 5.97 Å². The monoisotopic (exact) mass is 491 g/mol. The Bertz CT molecular complexity index is 1320. The van der Waals surface area contributed by atoms with Crippen molar-refractivity contribution in [1.82, 2.24) is 4.90 Å². The van der Waals surface area contributed by atoms with E-state index in [-0.39, 0.29) is 11.8 Å². The highest BCUT2D eigenvalue weighted by Crippen LogP contribution is 2.49. The maximum Gasteiger partial charge on any atom is 0.338 e. The van der Waals surface area contributed by atoms with E-state index >= 15 is 0 Å². The van der Waals surface area contributed by atoms with Gasteiger partial charge in [-0.2, -0.15) is 0 Å². The molecule has 0 aliphatic carbocycles. The zero-order chi connectivity index (χ0) is 25.0. The number of fused-ring (bicyclic) bond motifs is 3. The number of thioether (sulfide) groups is 1. The molecule has 180 valence electrons. The second-order valence-corrected chi connectivity index (χ2v) is 9.84. The van der Waals surface area contributed by atoms with Crippen LogP contribution >= 0.6 is 11.8 Å². The van der Waals surface area contributed by atoms with Crippen molar-refractivity contribution in [3.8, 4) is 5.75 Å². The summed E-state index contributed by atoms with van der Waals surface area (Å²) in [5.74, 6) is -0.470. The molecule has 8 nitrogen and oxygen atoms in total. The molecule has 3 aliphatic rings. The Labute approximate surface area is 207 Å². The summed E-state index contributed by atoms with van der Waals surface area (Å²) >= 11 is 1.27. The summed E-state index contributed by atoms with van der Waals surface area (Å²) in [5, 5.41) is -0.110. The van der Waals surface area contributed by atoms with Gasteiger partial charge in [0.2, 0.25) is 5.91 Å². The van der Waals surface area contributed by atoms with Gasteiger partial charge in [0.25, 0.3) is 5.91 Å². The first-order valence-electron chi connectivity index (χ1n) is 11.2. The second-order valence-electron chi connectivity index (χ2n) is 8.73. The predicted octanol–water partition coefficient (Wildman–Crippen LogP) is 3.53. The summed E-state index contributed by atoms with van der Waals surface area (Å²) in [6, 6.07) is 11.4. The number of imide groups is 1. The lowest BCUT2D eigenvalue weighted by atomic mass is 9.93. The number of hydrogen-bond acceptors (Lipinski definition) is 8. The van der Waals surface area contributed by atoms with Crippen LogP contribution in [0.4, 0.5) is 5.69 Å². The molecule has 0 spiro atoms. The van der Waals surface area contributed by atoms with Gasteiger partial charge in [0.15, 0.2) is 5.17 Å². The number of benzene rings is 2. The smallest absolute Gasteiger partial charge is 0.338 e. The third-order valence-electron chi connectivity index (χ3n) is 6.77. The molecule has 2 amide bonds. The lowest BCUT2D eigenvalue weighted by Gasteiger charge is -2.37. The van der Waals surface area contributed by atoms with E-state index in [2.05, 4.69) is 4.99 Å². The van der Waals surface area contributed by atoms with Crippen LogP contribution in [0.15, 0.2) is 58.7 Å². The topological polar surface area (TPSA) is 88.5 Å². The Morgan fingerprint density at radius 2 is 1.69 bits per heavy atom. The van der Waals surface area contributed by atoms with E-state index in [9.17, 15) is 14.4 Å². The van der Waals surface area contributed by atoms with Crippen molar-refractivity contribution < 1.29 is 23.9 Å². The minimum absolute atomic E-state index is 0.281. The van der Waals surface area contributed by atoms with Crippen molar-refractivity contribution >= 4 is 40.4 Å². The van der Waals surface area contributed by atoms with Crippen molar-refractivity contribution in [2.24, 2.45) is 4.99 Å². The summed E-state index contributed by atoms with van der Waals surface area (Å²) < 4.78 is 10.4. The first kappa shape index (κ1) is 23.2. The van der Waals surface area contributed by atoms with Gasteiger partial charge in [-0.05, 0) is 61.7 Å². The first-order valence-corrected chi connectivity index (χ1v) is 12.1. The minimum Gasteiger partial charge on any atom is -0.497 e. The molecule has 0 N–H and O–H groups in total. The maximum absolute atomic E-state index is 13.8. The van der Waals surface area contributed by atoms with Crippen LogP contribution in [0.1, 0.15) is 29.7 Å². The number of carbonyl (C=O) groups is 3. The lowest BCUT2D eigenvalue weighted by Crippen LogP contribution is -2.47. The lowest BCUT2D eigenvalue weighted by molar-refractivity contribution is -0.137. The van der Waals surface area contributed by atoms with Gasteiger partial charge in [0, 0.05) is 0 Å². The highest BCUT2D eigenvalue weighted by Gasteiger charge is 2.60. The Hall–Kier alpha value is -3.59. The standard InChI is InChI=1S/C26H25N3O5S/c1-13-6-9-17(12-14(13)2)28-23(30)21-22(24(28)31)35-26-27-15(3)19(25(32)34-5)20(29(21)26)16-7-10-18(33-4)11-8-16/h6-12,20-22H,1-5H3. The Balaban J connectivity index is 1.61. The molecule has 2 aromatic rings. The number of amidine groups is 1. The van der Waals surface area contributed by atoms with Gasteiger partial charge in [0.05, 0.1) is 37.2 Å². The number of esters is 1. The molecule has 3 heterocycles. The Kier molecular flexibility index (Phi) is 5.67. The molecule has 0 saturated carbocycles. The maximum atomic E-state index is 13.8. The van der Waals surface area contributed by atoms with Gasteiger partial charge in [-0.15, -0.1) is 0 Å². The molecular weight excluding hydrogens is 466 g/mol. The number of allylic oxidation sites excluding steroid dienone is 1. The molecule has 3 atom stereocenters.